The van der Waals surface area contributed by atoms with Crippen molar-refractivity contribution in [1.29, 1.82) is 0 Å². The van der Waals surface area contributed by atoms with E-state index in [1.54, 1.807) is 0 Å². The smallest absolute Gasteiger partial charge is 0.330 e. The number of hydrogen-bond acceptors (Lipinski definition) is 3. The average molecular weight is 227 g/mol. The summed E-state index contributed by atoms with van der Waals surface area (Å²) in [4.78, 5) is 20.8. The van der Waals surface area contributed by atoms with Gasteiger partial charge in [-0.3, -0.25) is 4.79 Å². The fraction of sp³-hybridized carbons (Fsp3) is 0.667. The predicted molar refractivity (Wildman–Crippen MR) is 62.9 cm³/mol. The van der Waals surface area contributed by atoms with Crippen LogP contribution >= 0.6 is 0 Å². The molecule has 0 unspecified atom stereocenters. The van der Waals surface area contributed by atoms with Gasteiger partial charge in [0.05, 0.1) is 6.61 Å². The van der Waals surface area contributed by atoms with Crippen LogP contribution in [0.15, 0.2) is 12.7 Å². The molecular weight excluding hydrogens is 206 g/mol. The topological polar surface area (TPSA) is 55.4 Å². The third-order valence-electron chi connectivity index (χ3n) is 2.02. The first-order valence-corrected chi connectivity index (χ1v) is 5.76. The summed E-state index contributed by atoms with van der Waals surface area (Å²) in [7, 11) is 0. The Morgan fingerprint density at radius 2 is 2.25 bits per heavy atom. The SMILES string of the molecule is C=CC(=O)OCCC.O=C1CCCCCN1. The number of carbonyl (C=O) groups excluding carboxylic acids is 2. The zero-order valence-electron chi connectivity index (χ0n) is 9.96. The van der Waals surface area contributed by atoms with Gasteiger partial charge in [-0.15, -0.1) is 0 Å². The highest BCUT2D eigenvalue weighted by atomic mass is 16.5. The number of rotatable bonds is 3. The monoisotopic (exact) mass is 227 g/mol. The predicted octanol–water partition coefficient (Wildman–Crippen LogP) is 1.80. The van der Waals surface area contributed by atoms with Crippen molar-refractivity contribution in [1.82, 2.24) is 5.32 Å². The van der Waals surface area contributed by atoms with Crippen LogP contribution in [0.3, 0.4) is 0 Å². The minimum atomic E-state index is -0.341. The number of amides is 1. The molecule has 1 saturated heterocycles. The molecule has 0 aromatic carbocycles. The summed E-state index contributed by atoms with van der Waals surface area (Å²) < 4.78 is 4.58. The molecule has 0 spiro atoms. The summed E-state index contributed by atoms with van der Waals surface area (Å²) in [6.45, 7) is 6.56. The van der Waals surface area contributed by atoms with Crippen LogP contribution in [0.5, 0.6) is 0 Å². The summed E-state index contributed by atoms with van der Waals surface area (Å²) >= 11 is 0. The lowest BCUT2D eigenvalue weighted by Gasteiger charge is -1.94. The van der Waals surface area contributed by atoms with Gasteiger partial charge in [-0.05, 0) is 19.3 Å². The van der Waals surface area contributed by atoms with Crippen LogP contribution < -0.4 is 5.32 Å². The molecule has 0 saturated carbocycles. The van der Waals surface area contributed by atoms with Crippen LogP contribution in [0.25, 0.3) is 0 Å². The first-order valence-electron chi connectivity index (χ1n) is 5.76. The third-order valence-corrected chi connectivity index (χ3v) is 2.02. The second-order valence-electron chi connectivity index (χ2n) is 3.53. The van der Waals surface area contributed by atoms with Gasteiger partial charge in [-0.1, -0.05) is 19.9 Å². The molecule has 4 heteroatoms. The molecule has 0 aromatic heterocycles. The van der Waals surface area contributed by atoms with Crippen molar-refractivity contribution in [3.8, 4) is 0 Å². The molecule has 0 aliphatic carbocycles. The van der Waals surface area contributed by atoms with E-state index in [2.05, 4.69) is 16.6 Å². The molecule has 1 amide bonds. The van der Waals surface area contributed by atoms with Gasteiger partial charge in [0.25, 0.3) is 0 Å². The summed E-state index contributed by atoms with van der Waals surface area (Å²) in [5.74, 6) is -0.116. The summed E-state index contributed by atoms with van der Waals surface area (Å²) in [5.41, 5.74) is 0. The fourth-order valence-electron chi connectivity index (χ4n) is 1.17. The van der Waals surface area contributed by atoms with Gasteiger partial charge in [0.1, 0.15) is 0 Å². The van der Waals surface area contributed by atoms with Crippen LogP contribution in [0.4, 0.5) is 0 Å². The van der Waals surface area contributed by atoms with Gasteiger partial charge >= 0.3 is 5.97 Å². The number of esters is 1. The Labute approximate surface area is 97.1 Å². The van der Waals surface area contributed by atoms with Crippen molar-refractivity contribution in [2.24, 2.45) is 0 Å². The van der Waals surface area contributed by atoms with E-state index >= 15 is 0 Å². The van der Waals surface area contributed by atoms with E-state index in [4.69, 9.17) is 0 Å². The standard InChI is InChI=1S/C6H11NO.C6H10O2/c8-6-4-2-1-3-5-7-6;1-3-5-8-6(7)4-2/h1-5H2,(H,7,8);4H,2-3,5H2,1H3. The van der Waals surface area contributed by atoms with Crippen LogP contribution in [0.1, 0.15) is 39.0 Å². The molecule has 0 radical (unpaired) electrons. The van der Waals surface area contributed by atoms with E-state index in [-0.39, 0.29) is 11.9 Å². The molecular formula is C12H21NO3. The van der Waals surface area contributed by atoms with Crippen molar-refractivity contribution < 1.29 is 14.3 Å². The molecule has 1 rings (SSSR count). The fourth-order valence-corrected chi connectivity index (χ4v) is 1.17. The Balaban J connectivity index is 0.000000281. The molecule has 4 nitrogen and oxygen atoms in total. The number of nitrogens with one attached hydrogen (secondary N) is 1. The minimum absolute atomic E-state index is 0.225. The lowest BCUT2D eigenvalue weighted by atomic mass is 10.2. The van der Waals surface area contributed by atoms with Gasteiger partial charge < -0.3 is 10.1 Å². The maximum absolute atomic E-state index is 10.6. The van der Waals surface area contributed by atoms with Crippen LogP contribution in [-0.2, 0) is 14.3 Å². The number of ether oxygens (including phenoxy) is 1. The van der Waals surface area contributed by atoms with Crippen molar-refractivity contribution in [3.05, 3.63) is 12.7 Å². The van der Waals surface area contributed by atoms with E-state index in [1.807, 2.05) is 6.92 Å². The molecule has 1 N–H and O–H groups in total. The summed E-state index contributed by atoms with van der Waals surface area (Å²) in [6.07, 6.45) is 6.20. The first kappa shape index (κ1) is 14.7. The van der Waals surface area contributed by atoms with Crippen molar-refractivity contribution in [3.63, 3.8) is 0 Å². The zero-order valence-corrected chi connectivity index (χ0v) is 9.96. The second-order valence-corrected chi connectivity index (χ2v) is 3.53. The molecule has 0 aromatic rings. The molecule has 92 valence electrons. The Morgan fingerprint density at radius 1 is 1.50 bits per heavy atom. The lowest BCUT2D eigenvalue weighted by molar-refractivity contribution is -0.137. The van der Waals surface area contributed by atoms with Gasteiger partial charge in [0.2, 0.25) is 5.91 Å². The molecule has 1 fully saturated rings. The third kappa shape index (κ3) is 9.24. The zero-order chi connectivity index (χ0) is 12.2. The number of hydrogen-bond donors (Lipinski definition) is 1. The van der Waals surface area contributed by atoms with Crippen LogP contribution in [-0.4, -0.2) is 25.0 Å². The van der Waals surface area contributed by atoms with Gasteiger partial charge in [0, 0.05) is 19.0 Å². The highest BCUT2D eigenvalue weighted by Gasteiger charge is 2.03. The van der Waals surface area contributed by atoms with Crippen molar-refractivity contribution in [2.75, 3.05) is 13.2 Å². The maximum atomic E-state index is 10.6. The summed E-state index contributed by atoms with van der Waals surface area (Å²) in [5, 5.41) is 2.81. The van der Waals surface area contributed by atoms with Crippen molar-refractivity contribution in [2.45, 2.75) is 39.0 Å². The lowest BCUT2D eigenvalue weighted by Crippen LogP contribution is -2.21. The highest BCUT2D eigenvalue weighted by Crippen LogP contribution is 2.02. The van der Waals surface area contributed by atoms with Gasteiger partial charge in [-0.2, -0.15) is 0 Å². The average Bonchev–Trinajstić information content (AvgIpc) is 2.54. The van der Waals surface area contributed by atoms with E-state index in [0.29, 0.717) is 6.61 Å². The van der Waals surface area contributed by atoms with Crippen LogP contribution in [0.2, 0.25) is 0 Å². The molecule has 1 aliphatic rings. The Hall–Kier alpha value is -1.32. The van der Waals surface area contributed by atoms with Gasteiger partial charge in [0.15, 0.2) is 0 Å². The van der Waals surface area contributed by atoms with E-state index in [1.165, 1.54) is 6.42 Å². The summed E-state index contributed by atoms with van der Waals surface area (Å²) in [6, 6.07) is 0. The molecule has 1 heterocycles. The molecule has 1 aliphatic heterocycles. The van der Waals surface area contributed by atoms with Crippen molar-refractivity contribution >= 4 is 11.9 Å². The van der Waals surface area contributed by atoms with E-state index < -0.39 is 0 Å². The molecule has 0 atom stereocenters. The largest absolute Gasteiger partial charge is 0.463 e. The molecule has 0 bridgehead atoms. The van der Waals surface area contributed by atoms with Gasteiger partial charge in [-0.25, -0.2) is 4.79 Å². The maximum Gasteiger partial charge on any atom is 0.330 e. The Morgan fingerprint density at radius 3 is 2.88 bits per heavy atom. The van der Waals surface area contributed by atoms with Crippen LogP contribution in [0, 0.1) is 0 Å². The Bertz CT molecular complexity index is 216. The first-order chi connectivity index (χ1) is 7.70. The quantitative estimate of drug-likeness (QED) is 0.591. The second kappa shape index (κ2) is 10.2. The highest BCUT2D eigenvalue weighted by molar-refractivity contribution is 5.81. The molecule has 16 heavy (non-hydrogen) atoms. The van der Waals surface area contributed by atoms with E-state index in [0.717, 1.165) is 38.3 Å². The minimum Gasteiger partial charge on any atom is -0.463 e. The normalized spacial score (nSPS) is 14.9. The van der Waals surface area contributed by atoms with E-state index in [9.17, 15) is 9.59 Å². The Kier molecular flexibility index (Phi) is 9.36. The number of carbonyl (C=O) groups is 2.